The van der Waals surface area contributed by atoms with E-state index in [1.165, 1.54) is 0 Å². The zero-order chi connectivity index (χ0) is 17.5. The summed E-state index contributed by atoms with van der Waals surface area (Å²) in [5, 5.41) is 15.3. The number of aromatic amines is 1. The van der Waals surface area contributed by atoms with E-state index in [1.54, 1.807) is 50.4 Å². The van der Waals surface area contributed by atoms with Gasteiger partial charge in [-0.25, -0.2) is 18.2 Å². The zero-order valence-corrected chi connectivity index (χ0v) is 13.8. The number of carboxylic acid groups (broad SMARTS) is 1. The molecule has 0 atom stereocenters. The van der Waals surface area contributed by atoms with Crippen molar-refractivity contribution in [2.75, 3.05) is 0 Å². The van der Waals surface area contributed by atoms with Crippen molar-refractivity contribution in [3.05, 3.63) is 42.2 Å². The Morgan fingerprint density at radius 1 is 1.17 bits per heavy atom. The number of pyridine rings is 1. The number of fused-ring (bicyclic) bond motifs is 1. The summed E-state index contributed by atoms with van der Waals surface area (Å²) in [6.07, 6.45) is 1.57. The first-order valence-electron chi connectivity index (χ1n) is 7.22. The van der Waals surface area contributed by atoms with E-state index in [0.29, 0.717) is 16.6 Å². The number of aromatic nitrogens is 3. The Labute approximate surface area is 138 Å². The fourth-order valence-corrected chi connectivity index (χ4v) is 3.39. The average molecular weight is 345 g/mol. The van der Waals surface area contributed by atoms with Gasteiger partial charge in [-0.3, -0.25) is 5.10 Å². The maximum Gasteiger partial charge on any atom is 0.354 e. The molecule has 2 N–H and O–H groups in total. The predicted molar refractivity (Wildman–Crippen MR) is 88.6 cm³/mol. The number of hydrogen-bond acceptors (Lipinski definition) is 5. The van der Waals surface area contributed by atoms with E-state index in [2.05, 4.69) is 15.2 Å². The van der Waals surface area contributed by atoms with Crippen LogP contribution >= 0.6 is 0 Å². The first-order chi connectivity index (χ1) is 11.3. The summed E-state index contributed by atoms with van der Waals surface area (Å²) in [5.74, 6) is -1.12. The monoisotopic (exact) mass is 345 g/mol. The van der Waals surface area contributed by atoms with Gasteiger partial charge in [0, 0.05) is 11.8 Å². The summed E-state index contributed by atoms with van der Waals surface area (Å²) in [6, 6.07) is 8.11. The van der Waals surface area contributed by atoms with Crippen LogP contribution in [0.3, 0.4) is 0 Å². The number of H-pyrrole nitrogens is 1. The molecule has 3 rings (SSSR count). The number of nitrogens with one attached hydrogen (secondary N) is 1. The highest BCUT2D eigenvalue weighted by atomic mass is 32.2. The largest absolute Gasteiger partial charge is 0.477 e. The Bertz CT molecular complexity index is 1020. The molecule has 0 aliphatic carbocycles. The lowest BCUT2D eigenvalue weighted by Crippen LogP contribution is -2.13. The second kappa shape index (κ2) is 5.72. The Kier molecular flexibility index (Phi) is 3.84. The molecule has 0 saturated carbocycles. The van der Waals surface area contributed by atoms with E-state index in [0.717, 1.165) is 5.56 Å². The SMILES string of the molecule is CC(C)S(=O)(=O)c1ccc(-c2cnc3n[nH]c(C(=O)O)c3c2)cc1. The normalized spacial score (nSPS) is 12.0. The molecule has 0 fully saturated rings. The van der Waals surface area contributed by atoms with Crippen LogP contribution in [0.1, 0.15) is 24.3 Å². The number of carboxylic acids is 1. The minimum atomic E-state index is -3.33. The first-order valence-corrected chi connectivity index (χ1v) is 8.77. The molecule has 2 aromatic heterocycles. The first kappa shape index (κ1) is 16.1. The number of nitrogens with zero attached hydrogens (tertiary/aromatic N) is 2. The minimum absolute atomic E-state index is 0.0293. The molecule has 124 valence electrons. The lowest BCUT2D eigenvalue weighted by Gasteiger charge is -2.08. The molecule has 0 bridgehead atoms. The van der Waals surface area contributed by atoms with Gasteiger partial charge in [-0.15, -0.1) is 0 Å². The molecule has 0 amide bonds. The highest BCUT2D eigenvalue weighted by molar-refractivity contribution is 7.92. The van der Waals surface area contributed by atoms with Gasteiger partial charge in [0.25, 0.3) is 0 Å². The zero-order valence-electron chi connectivity index (χ0n) is 13.0. The Morgan fingerprint density at radius 3 is 2.42 bits per heavy atom. The van der Waals surface area contributed by atoms with Gasteiger partial charge in [0.1, 0.15) is 0 Å². The van der Waals surface area contributed by atoms with Crippen LogP contribution in [-0.4, -0.2) is 39.9 Å². The third-order valence-electron chi connectivity index (χ3n) is 3.76. The van der Waals surface area contributed by atoms with Crippen molar-refractivity contribution in [1.29, 1.82) is 0 Å². The van der Waals surface area contributed by atoms with Crippen LogP contribution in [0, 0.1) is 0 Å². The summed E-state index contributed by atoms with van der Waals surface area (Å²) in [4.78, 5) is 15.6. The fourth-order valence-electron chi connectivity index (χ4n) is 2.33. The standard InChI is InChI=1S/C16H15N3O4S/c1-9(2)24(22,23)12-5-3-10(4-6-12)11-7-13-14(16(20)21)18-19-15(13)17-8-11/h3-9H,1-2H3,(H,20,21)(H,17,18,19). The number of hydrogen-bond donors (Lipinski definition) is 2. The van der Waals surface area contributed by atoms with Crippen LogP contribution < -0.4 is 0 Å². The Hall–Kier alpha value is -2.74. The molecular weight excluding hydrogens is 330 g/mol. The minimum Gasteiger partial charge on any atom is -0.477 e. The second-order valence-electron chi connectivity index (χ2n) is 5.62. The molecule has 0 radical (unpaired) electrons. The maximum absolute atomic E-state index is 12.1. The van der Waals surface area contributed by atoms with Gasteiger partial charge in [-0.05, 0) is 37.6 Å². The summed E-state index contributed by atoms with van der Waals surface area (Å²) in [5.41, 5.74) is 1.71. The maximum atomic E-state index is 12.1. The van der Waals surface area contributed by atoms with Crippen LogP contribution in [-0.2, 0) is 9.84 Å². The van der Waals surface area contributed by atoms with Gasteiger partial charge < -0.3 is 5.11 Å². The topological polar surface area (TPSA) is 113 Å². The molecule has 1 aromatic carbocycles. The van der Waals surface area contributed by atoms with E-state index in [4.69, 9.17) is 5.11 Å². The van der Waals surface area contributed by atoms with Crippen molar-refractivity contribution in [3.63, 3.8) is 0 Å². The smallest absolute Gasteiger partial charge is 0.354 e. The molecule has 7 nitrogen and oxygen atoms in total. The van der Waals surface area contributed by atoms with Crippen LogP contribution in [0.25, 0.3) is 22.2 Å². The van der Waals surface area contributed by atoms with Crippen molar-refractivity contribution in [2.45, 2.75) is 24.0 Å². The van der Waals surface area contributed by atoms with Gasteiger partial charge in [-0.2, -0.15) is 5.10 Å². The summed E-state index contributed by atoms with van der Waals surface area (Å²) in [7, 11) is -3.33. The number of sulfone groups is 1. The van der Waals surface area contributed by atoms with Crippen molar-refractivity contribution >= 4 is 26.8 Å². The number of rotatable bonds is 4. The third kappa shape index (κ3) is 2.65. The molecule has 0 spiro atoms. The van der Waals surface area contributed by atoms with Crippen molar-refractivity contribution in [3.8, 4) is 11.1 Å². The quantitative estimate of drug-likeness (QED) is 0.751. The molecular formula is C16H15N3O4S. The van der Waals surface area contributed by atoms with Crippen LogP contribution in [0.2, 0.25) is 0 Å². The van der Waals surface area contributed by atoms with E-state index in [-0.39, 0.29) is 10.6 Å². The molecule has 3 aromatic rings. The van der Waals surface area contributed by atoms with Crippen LogP contribution in [0.5, 0.6) is 0 Å². The fraction of sp³-hybridized carbons (Fsp3) is 0.188. The van der Waals surface area contributed by atoms with Crippen molar-refractivity contribution in [1.82, 2.24) is 15.2 Å². The summed E-state index contributed by atoms with van der Waals surface area (Å²) < 4.78 is 24.3. The van der Waals surface area contributed by atoms with E-state index in [1.807, 2.05) is 0 Å². The summed E-state index contributed by atoms with van der Waals surface area (Å²) >= 11 is 0. The van der Waals surface area contributed by atoms with Gasteiger partial charge in [0.2, 0.25) is 0 Å². The molecule has 0 aliphatic heterocycles. The lowest BCUT2D eigenvalue weighted by molar-refractivity contribution is 0.0692. The van der Waals surface area contributed by atoms with Gasteiger partial charge >= 0.3 is 5.97 Å². The van der Waals surface area contributed by atoms with E-state index < -0.39 is 21.1 Å². The average Bonchev–Trinajstić information content (AvgIpc) is 2.98. The van der Waals surface area contributed by atoms with Crippen molar-refractivity contribution < 1.29 is 18.3 Å². The number of carbonyl (C=O) groups is 1. The molecule has 2 heterocycles. The van der Waals surface area contributed by atoms with Gasteiger partial charge in [-0.1, -0.05) is 12.1 Å². The predicted octanol–water partition coefficient (Wildman–Crippen LogP) is 2.51. The van der Waals surface area contributed by atoms with Crippen LogP contribution in [0.4, 0.5) is 0 Å². The molecule has 0 unspecified atom stereocenters. The summed E-state index contributed by atoms with van der Waals surface area (Å²) in [6.45, 7) is 3.26. The number of aromatic carboxylic acids is 1. The molecule has 0 aliphatic rings. The van der Waals surface area contributed by atoms with E-state index in [9.17, 15) is 13.2 Å². The highest BCUT2D eigenvalue weighted by Gasteiger charge is 2.19. The molecule has 24 heavy (non-hydrogen) atoms. The second-order valence-corrected chi connectivity index (χ2v) is 8.12. The number of benzene rings is 1. The Morgan fingerprint density at radius 2 is 1.83 bits per heavy atom. The van der Waals surface area contributed by atoms with Gasteiger partial charge in [0.05, 0.1) is 15.5 Å². The molecule has 0 saturated heterocycles. The van der Waals surface area contributed by atoms with E-state index >= 15 is 0 Å². The van der Waals surface area contributed by atoms with Crippen molar-refractivity contribution in [2.24, 2.45) is 0 Å². The third-order valence-corrected chi connectivity index (χ3v) is 5.93. The van der Waals surface area contributed by atoms with Gasteiger partial charge in [0.15, 0.2) is 21.2 Å². The van der Waals surface area contributed by atoms with Crippen LogP contribution in [0.15, 0.2) is 41.4 Å². The lowest BCUT2D eigenvalue weighted by atomic mass is 10.1. The molecule has 8 heteroatoms. The highest BCUT2D eigenvalue weighted by Crippen LogP contribution is 2.26. The Balaban J connectivity index is 2.05.